The van der Waals surface area contributed by atoms with Crippen LogP contribution >= 0.6 is 0 Å². The number of hydrogen-bond acceptors (Lipinski definition) is 4. The molecule has 0 atom stereocenters. The first-order chi connectivity index (χ1) is 13.9. The van der Waals surface area contributed by atoms with Gasteiger partial charge in [-0.05, 0) is 49.1 Å². The highest BCUT2D eigenvalue weighted by molar-refractivity contribution is 5.52. The van der Waals surface area contributed by atoms with E-state index in [2.05, 4.69) is 12.1 Å². The number of hydrogen-bond donors (Lipinski definition) is 0. The van der Waals surface area contributed by atoms with Gasteiger partial charge in [-0.2, -0.15) is 0 Å². The van der Waals surface area contributed by atoms with Gasteiger partial charge in [-0.15, -0.1) is 0 Å². The summed E-state index contributed by atoms with van der Waals surface area (Å²) in [5.41, 5.74) is 2.85. The molecule has 28 heavy (non-hydrogen) atoms. The lowest BCUT2D eigenvalue weighted by Crippen LogP contribution is -2.18. The monoisotopic (exact) mass is 388 g/mol. The molecule has 156 valence electrons. The molecule has 1 aromatic rings. The number of benzene rings is 1. The minimum absolute atomic E-state index is 0.564. The van der Waals surface area contributed by atoms with E-state index >= 15 is 0 Å². The van der Waals surface area contributed by atoms with Crippen molar-refractivity contribution in [1.29, 1.82) is 0 Å². The third-order valence-corrected chi connectivity index (χ3v) is 6.56. The smallest absolute Gasteiger partial charge is 0.164 e. The van der Waals surface area contributed by atoms with Crippen LogP contribution < -0.4 is 9.47 Å². The van der Waals surface area contributed by atoms with Crippen molar-refractivity contribution < 1.29 is 18.9 Å². The Balaban J connectivity index is 1.66. The van der Waals surface area contributed by atoms with Gasteiger partial charge in [-0.25, -0.2) is 0 Å². The summed E-state index contributed by atoms with van der Waals surface area (Å²) in [6, 6.07) is 4.74. The van der Waals surface area contributed by atoms with Crippen LogP contribution in [-0.4, -0.2) is 39.6 Å². The SMILES string of the molecule is c1c(C2CCCCC2)cc(C2CCCCC2)c2c1OCCOCCOCCO2. The van der Waals surface area contributed by atoms with E-state index < -0.39 is 0 Å². The molecule has 1 aromatic carbocycles. The van der Waals surface area contributed by atoms with Gasteiger partial charge in [-0.1, -0.05) is 44.6 Å². The maximum atomic E-state index is 6.30. The third kappa shape index (κ3) is 5.21. The van der Waals surface area contributed by atoms with Crippen LogP contribution in [0.1, 0.15) is 87.2 Å². The standard InChI is InChI=1S/C24H36O4/c1-3-7-19(8-4-1)21-17-22(20-9-5-2-6-10-20)24-23(18-21)27-15-13-25-11-12-26-14-16-28-24/h17-20H,1-16H2. The fraction of sp³-hybridized carbons (Fsp3) is 0.750. The first-order valence-corrected chi connectivity index (χ1v) is 11.5. The Morgan fingerprint density at radius 2 is 1.14 bits per heavy atom. The normalized spacial score (nSPS) is 23.6. The van der Waals surface area contributed by atoms with Crippen molar-refractivity contribution in [2.75, 3.05) is 39.6 Å². The lowest BCUT2D eigenvalue weighted by atomic mass is 9.79. The van der Waals surface area contributed by atoms with Gasteiger partial charge in [0.1, 0.15) is 13.2 Å². The van der Waals surface area contributed by atoms with Crippen LogP contribution in [0.15, 0.2) is 12.1 Å². The molecule has 2 fully saturated rings. The Morgan fingerprint density at radius 3 is 1.82 bits per heavy atom. The molecular formula is C24H36O4. The molecule has 4 heteroatoms. The first-order valence-electron chi connectivity index (χ1n) is 11.5. The molecule has 0 bridgehead atoms. The van der Waals surface area contributed by atoms with Crippen molar-refractivity contribution >= 4 is 0 Å². The summed E-state index contributed by atoms with van der Waals surface area (Å²) in [5.74, 6) is 3.16. The molecule has 0 aromatic heterocycles. The highest BCUT2D eigenvalue weighted by atomic mass is 16.6. The molecule has 2 aliphatic carbocycles. The topological polar surface area (TPSA) is 36.9 Å². The maximum Gasteiger partial charge on any atom is 0.164 e. The van der Waals surface area contributed by atoms with E-state index in [1.807, 2.05) is 0 Å². The molecule has 2 saturated carbocycles. The predicted molar refractivity (Wildman–Crippen MR) is 111 cm³/mol. The van der Waals surface area contributed by atoms with E-state index in [1.54, 1.807) is 0 Å². The lowest BCUT2D eigenvalue weighted by molar-refractivity contribution is 0.0220. The summed E-state index contributed by atoms with van der Waals surface area (Å²) in [4.78, 5) is 0. The second-order valence-electron chi connectivity index (χ2n) is 8.53. The molecule has 0 N–H and O–H groups in total. The number of fused-ring (bicyclic) bond motifs is 1. The van der Waals surface area contributed by atoms with Crippen molar-refractivity contribution in [2.24, 2.45) is 0 Å². The average molecular weight is 389 g/mol. The molecular weight excluding hydrogens is 352 g/mol. The minimum Gasteiger partial charge on any atom is -0.487 e. The van der Waals surface area contributed by atoms with Gasteiger partial charge in [0.15, 0.2) is 11.5 Å². The van der Waals surface area contributed by atoms with Gasteiger partial charge in [0.05, 0.1) is 26.4 Å². The van der Waals surface area contributed by atoms with Crippen molar-refractivity contribution in [3.8, 4) is 11.5 Å². The highest BCUT2D eigenvalue weighted by Crippen LogP contribution is 2.45. The quantitative estimate of drug-likeness (QED) is 0.662. The fourth-order valence-corrected chi connectivity index (χ4v) is 5.03. The maximum absolute atomic E-state index is 6.30. The Morgan fingerprint density at radius 1 is 0.571 bits per heavy atom. The van der Waals surface area contributed by atoms with E-state index in [4.69, 9.17) is 18.9 Å². The van der Waals surface area contributed by atoms with Crippen LogP contribution in [-0.2, 0) is 9.47 Å². The fourth-order valence-electron chi connectivity index (χ4n) is 5.03. The van der Waals surface area contributed by atoms with Crippen molar-refractivity contribution in [3.63, 3.8) is 0 Å². The predicted octanol–water partition coefficient (Wildman–Crippen LogP) is 5.59. The van der Waals surface area contributed by atoms with Crippen molar-refractivity contribution in [1.82, 2.24) is 0 Å². The first kappa shape index (κ1) is 20.0. The Hall–Kier alpha value is -1.26. The van der Waals surface area contributed by atoms with Crippen LogP contribution in [0.2, 0.25) is 0 Å². The van der Waals surface area contributed by atoms with Crippen LogP contribution in [0.4, 0.5) is 0 Å². The summed E-state index contributed by atoms with van der Waals surface area (Å²) in [7, 11) is 0. The summed E-state index contributed by atoms with van der Waals surface area (Å²) in [6.45, 7) is 3.55. The summed E-state index contributed by atoms with van der Waals surface area (Å²) >= 11 is 0. The minimum atomic E-state index is 0.564. The second kappa shape index (κ2) is 10.5. The zero-order valence-corrected chi connectivity index (χ0v) is 17.3. The van der Waals surface area contributed by atoms with Crippen LogP contribution in [0, 0.1) is 0 Å². The third-order valence-electron chi connectivity index (χ3n) is 6.56. The largest absolute Gasteiger partial charge is 0.487 e. The molecule has 0 saturated heterocycles. The zero-order chi connectivity index (χ0) is 19.0. The van der Waals surface area contributed by atoms with E-state index in [1.165, 1.54) is 75.3 Å². The van der Waals surface area contributed by atoms with Crippen molar-refractivity contribution in [2.45, 2.75) is 76.0 Å². The van der Waals surface area contributed by atoms with E-state index in [0.717, 1.165) is 11.5 Å². The molecule has 1 aliphatic heterocycles. The van der Waals surface area contributed by atoms with Crippen molar-refractivity contribution in [3.05, 3.63) is 23.3 Å². The molecule has 3 aliphatic rings. The van der Waals surface area contributed by atoms with E-state index in [0.29, 0.717) is 51.5 Å². The second-order valence-corrected chi connectivity index (χ2v) is 8.53. The van der Waals surface area contributed by atoms with Gasteiger partial charge >= 0.3 is 0 Å². The molecule has 4 nitrogen and oxygen atoms in total. The summed E-state index contributed by atoms with van der Waals surface area (Å²) < 4.78 is 23.8. The number of rotatable bonds is 2. The lowest BCUT2D eigenvalue weighted by Gasteiger charge is -2.29. The Bertz CT molecular complexity index is 603. The molecule has 4 rings (SSSR count). The van der Waals surface area contributed by atoms with E-state index in [-0.39, 0.29) is 0 Å². The average Bonchev–Trinajstić information content (AvgIpc) is 2.75. The highest BCUT2D eigenvalue weighted by Gasteiger charge is 2.26. The van der Waals surface area contributed by atoms with Gasteiger partial charge < -0.3 is 18.9 Å². The zero-order valence-electron chi connectivity index (χ0n) is 17.3. The summed E-state index contributed by atoms with van der Waals surface area (Å²) in [5, 5.41) is 0. The number of ether oxygens (including phenoxy) is 4. The molecule has 0 spiro atoms. The molecule has 0 unspecified atom stereocenters. The van der Waals surface area contributed by atoms with Crippen LogP contribution in [0.3, 0.4) is 0 Å². The van der Waals surface area contributed by atoms with Gasteiger partial charge in [0.25, 0.3) is 0 Å². The van der Waals surface area contributed by atoms with Gasteiger partial charge in [0, 0.05) is 5.56 Å². The van der Waals surface area contributed by atoms with Crippen LogP contribution in [0.25, 0.3) is 0 Å². The van der Waals surface area contributed by atoms with Gasteiger partial charge in [-0.3, -0.25) is 0 Å². The molecule has 1 heterocycles. The molecule has 0 amide bonds. The summed E-state index contributed by atoms with van der Waals surface area (Å²) in [6.07, 6.45) is 13.2. The van der Waals surface area contributed by atoms with Gasteiger partial charge in [0.2, 0.25) is 0 Å². The molecule has 0 radical (unpaired) electrons. The Labute approximate surface area is 169 Å². The van der Waals surface area contributed by atoms with E-state index in [9.17, 15) is 0 Å². The Kier molecular flexibility index (Phi) is 7.51. The van der Waals surface area contributed by atoms with Crippen LogP contribution in [0.5, 0.6) is 11.5 Å².